The van der Waals surface area contributed by atoms with Crippen molar-refractivity contribution >= 4 is 22.1 Å². The Morgan fingerprint density at radius 3 is 1.41 bits per heavy atom. The van der Waals surface area contributed by atoms with E-state index in [1.54, 1.807) is 24.3 Å². The topological polar surface area (TPSA) is 168 Å². The summed E-state index contributed by atoms with van der Waals surface area (Å²) in [5.41, 5.74) is 3.51. The van der Waals surface area contributed by atoms with Gasteiger partial charge in [-0.1, -0.05) is 44.0 Å². The average Bonchev–Trinajstić information content (AvgIpc) is 3.68. The zero-order valence-electron chi connectivity index (χ0n) is 24.6. The van der Waals surface area contributed by atoms with Crippen molar-refractivity contribution in [1.29, 1.82) is 0 Å². The minimum absolute atomic E-state index is 0.00218. The van der Waals surface area contributed by atoms with Crippen LogP contribution in [-0.2, 0) is 0 Å². The SMILES string of the molecule is CCCCCOc1nc(Oc2ccc(-n3nc4ccccc4n3)c(O)c2)nc(Oc2ccc(-n3nc4ccccc4n3)c(O)c2)n1. The number of aromatic nitrogens is 9. The number of aromatic hydroxyl groups is 2. The largest absolute Gasteiger partial charge is 0.505 e. The quantitative estimate of drug-likeness (QED) is 0.165. The van der Waals surface area contributed by atoms with Gasteiger partial charge < -0.3 is 24.4 Å². The summed E-state index contributed by atoms with van der Waals surface area (Å²) >= 11 is 0. The Balaban J connectivity index is 1.13. The van der Waals surface area contributed by atoms with E-state index in [1.807, 2.05) is 48.5 Å². The van der Waals surface area contributed by atoms with Gasteiger partial charge in [0.25, 0.3) is 0 Å². The number of benzene rings is 4. The van der Waals surface area contributed by atoms with Gasteiger partial charge in [0, 0.05) is 12.1 Å². The van der Waals surface area contributed by atoms with Crippen LogP contribution in [-0.4, -0.2) is 61.8 Å². The Morgan fingerprint density at radius 1 is 0.565 bits per heavy atom. The summed E-state index contributed by atoms with van der Waals surface area (Å²) in [7, 11) is 0. The van der Waals surface area contributed by atoms with Gasteiger partial charge in [0.1, 0.15) is 56.4 Å². The molecule has 0 fully saturated rings. The molecular formula is C32H27N9O5. The van der Waals surface area contributed by atoms with E-state index in [2.05, 4.69) is 42.3 Å². The van der Waals surface area contributed by atoms with E-state index in [-0.39, 0.29) is 41.0 Å². The van der Waals surface area contributed by atoms with E-state index in [0.717, 1.165) is 19.3 Å². The lowest BCUT2D eigenvalue weighted by Gasteiger charge is -2.11. The van der Waals surface area contributed by atoms with Crippen molar-refractivity contribution in [3.05, 3.63) is 84.9 Å². The predicted molar refractivity (Wildman–Crippen MR) is 166 cm³/mol. The van der Waals surface area contributed by atoms with E-state index in [0.29, 0.717) is 40.0 Å². The molecule has 3 aromatic heterocycles. The van der Waals surface area contributed by atoms with E-state index < -0.39 is 0 Å². The summed E-state index contributed by atoms with van der Waals surface area (Å²) in [6.45, 7) is 2.48. The first-order valence-electron chi connectivity index (χ1n) is 14.6. The predicted octanol–water partition coefficient (Wildman–Crippen LogP) is 5.90. The van der Waals surface area contributed by atoms with E-state index >= 15 is 0 Å². The van der Waals surface area contributed by atoms with Gasteiger partial charge in [0.15, 0.2) is 0 Å². The third-order valence-corrected chi connectivity index (χ3v) is 6.87. The first-order chi connectivity index (χ1) is 22.5. The monoisotopic (exact) mass is 617 g/mol. The van der Waals surface area contributed by atoms with Crippen LogP contribution in [0.5, 0.6) is 41.0 Å². The Bertz CT molecular complexity index is 1950. The molecule has 0 radical (unpaired) electrons. The van der Waals surface area contributed by atoms with Crippen LogP contribution in [0.2, 0.25) is 0 Å². The lowest BCUT2D eigenvalue weighted by atomic mass is 10.3. The molecule has 14 heteroatoms. The second kappa shape index (κ2) is 12.4. The molecule has 0 unspecified atom stereocenters. The Labute approximate surface area is 261 Å². The molecule has 46 heavy (non-hydrogen) atoms. The van der Waals surface area contributed by atoms with Crippen LogP contribution in [0.25, 0.3) is 33.4 Å². The molecule has 4 aromatic carbocycles. The number of unbranched alkanes of at least 4 members (excludes halogenated alkanes) is 2. The molecule has 0 saturated heterocycles. The van der Waals surface area contributed by atoms with Crippen molar-refractivity contribution in [3.63, 3.8) is 0 Å². The van der Waals surface area contributed by atoms with Crippen LogP contribution in [0.15, 0.2) is 84.9 Å². The third kappa shape index (κ3) is 6.04. The molecule has 0 atom stereocenters. The molecule has 7 aromatic rings. The van der Waals surface area contributed by atoms with Crippen molar-refractivity contribution in [2.75, 3.05) is 6.61 Å². The smallest absolute Gasteiger partial charge is 0.331 e. The van der Waals surface area contributed by atoms with E-state index in [9.17, 15) is 10.2 Å². The Hall–Kier alpha value is -6.31. The highest BCUT2D eigenvalue weighted by Crippen LogP contribution is 2.32. The highest BCUT2D eigenvalue weighted by molar-refractivity contribution is 5.74. The number of hydrogen-bond donors (Lipinski definition) is 2. The van der Waals surface area contributed by atoms with Gasteiger partial charge >= 0.3 is 18.0 Å². The molecule has 7 rings (SSSR count). The number of nitrogens with zero attached hydrogens (tertiary/aromatic N) is 9. The molecule has 0 aliphatic heterocycles. The van der Waals surface area contributed by atoms with Crippen molar-refractivity contribution in [1.82, 2.24) is 44.9 Å². The number of hydrogen-bond acceptors (Lipinski definition) is 12. The van der Waals surface area contributed by atoms with Crippen molar-refractivity contribution in [2.24, 2.45) is 0 Å². The van der Waals surface area contributed by atoms with Crippen molar-refractivity contribution < 1.29 is 24.4 Å². The molecule has 3 heterocycles. The lowest BCUT2D eigenvalue weighted by Crippen LogP contribution is -2.05. The van der Waals surface area contributed by atoms with Gasteiger partial charge in [0.05, 0.1) is 6.61 Å². The first-order valence-corrected chi connectivity index (χ1v) is 14.6. The maximum Gasteiger partial charge on any atom is 0.331 e. The van der Waals surface area contributed by atoms with Gasteiger partial charge in [-0.2, -0.15) is 0 Å². The number of phenolic OH excluding ortho intramolecular Hbond substituents is 2. The first kappa shape index (κ1) is 28.5. The van der Waals surface area contributed by atoms with Crippen LogP contribution < -0.4 is 14.2 Å². The highest BCUT2D eigenvalue weighted by Gasteiger charge is 2.16. The Morgan fingerprint density at radius 2 is 1.00 bits per heavy atom. The standard InChI is InChI=1S/C32H27N9O5/c1-2-3-8-17-44-30-33-31(45-20-13-15-26(28(42)18-20)40-36-22-9-4-5-10-23(22)37-40)35-32(34-30)46-21-14-16-27(29(43)19-21)41-38-24-11-6-7-12-25(24)39-41/h4-7,9-16,18-19,42-43H,2-3,8,17H2,1H3. The summed E-state index contributed by atoms with van der Waals surface area (Å²) in [6.07, 6.45) is 2.82. The summed E-state index contributed by atoms with van der Waals surface area (Å²) in [5.74, 6) is 0.255. The lowest BCUT2D eigenvalue weighted by molar-refractivity contribution is 0.268. The molecule has 2 N–H and O–H groups in total. The second-order valence-corrected chi connectivity index (χ2v) is 10.2. The number of ether oxygens (including phenoxy) is 3. The summed E-state index contributed by atoms with van der Waals surface area (Å²) in [5, 5.41) is 39.2. The van der Waals surface area contributed by atoms with Gasteiger partial charge in [-0.3, -0.25) is 0 Å². The minimum Gasteiger partial charge on any atom is -0.505 e. The summed E-state index contributed by atoms with van der Waals surface area (Å²) < 4.78 is 17.5. The van der Waals surface area contributed by atoms with E-state index in [4.69, 9.17) is 14.2 Å². The molecule has 0 spiro atoms. The molecule has 230 valence electrons. The van der Waals surface area contributed by atoms with Gasteiger partial charge in [-0.15, -0.1) is 44.9 Å². The molecule has 0 bridgehead atoms. The van der Waals surface area contributed by atoms with E-state index in [1.165, 1.54) is 21.7 Å². The zero-order chi connectivity index (χ0) is 31.5. The van der Waals surface area contributed by atoms with Gasteiger partial charge in [-0.25, -0.2) is 0 Å². The zero-order valence-corrected chi connectivity index (χ0v) is 24.6. The second-order valence-electron chi connectivity index (χ2n) is 10.2. The van der Waals surface area contributed by atoms with Gasteiger partial charge in [0.2, 0.25) is 0 Å². The number of phenols is 2. The average molecular weight is 618 g/mol. The fourth-order valence-corrected chi connectivity index (χ4v) is 4.61. The van der Waals surface area contributed by atoms with Crippen molar-refractivity contribution in [2.45, 2.75) is 26.2 Å². The third-order valence-electron chi connectivity index (χ3n) is 6.87. The van der Waals surface area contributed by atoms with Crippen LogP contribution in [0, 0.1) is 0 Å². The molecule has 0 amide bonds. The fourth-order valence-electron chi connectivity index (χ4n) is 4.61. The molecule has 0 aliphatic carbocycles. The molecule has 0 aliphatic rings. The van der Waals surface area contributed by atoms with Crippen LogP contribution in [0.1, 0.15) is 26.2 Å². The van der Waals surface area contributed by atoms with Crippen LogP contribution >= 0.6 is 0 Å². The fraction of sp³-hybridized carbons (Fsp3) is 0.156. The summed E-state index contributed by atoms with van der Waals surface area (Å²) in [6, 6.07) is 23.8. The minimum atomic E-state index is -0.126. The number of fused-ring (bicyclic) bond motifs is 2. The van der Waals surface area contributed by atoms with Gasteiger partial charge in [-0.05, 0) is 55.0 Å². The maximum absolute atomic E-state index is 10.8. The maximum atomic E-state index is 10.8. The molecular weight excluding hydrogens is 590 g/mol. The normalized spacial score (nSPS) is 11.2. The van der Waals surface area contributed by atoms with Crippen LogP contribution in [0.4, 0.5) is 0 Å². The Kier molecular flexibility index (Phi) is 7.65. The molecule has 0 saturated carbocycles. The highest BCUT2D eigenvalue weighted by atomic mass is 16.5. The van der Waals surface area contributed by atoms with Crippen molar-refractivity contribution in [3.8, 4) is 52.4 Å². The summed E-state index contributed by atoms with van der Waals surface area (Å²) in [4.78, 5) is 15.5. The molecule has 14 nitrogen and oxygen atoms in total. The van der Waals surface area contributed by atoms with Crippen LogP contribution in [0.3, 0.4) is 0 Å². The number of rotatable bonds is 11.